The van der Waals surface area contributed by atoms with E-state index in [1.807, 2.05) is 34.1 Å². The third-order valence-corrected chi connectivity index (χ3v) is 6.37. The average molecular weight is 460 g/mol. The highest BCUT2D eigenvalue weighted by atomic mass is 16.5. The SMILES string of the molecule is O=C(c1ccc2nc(N3CCOCC3)oc2c1)N1CCN(c2nc3ccccc3c(=O)[nH]2)CC1. The van der Waals surface area contributed by atoms with E-state index in [9.17, 15) is 9.59 Å². The molecule has 2 aliphatic heterocycles. The van der Waals surface area contributed by atoms with Gasteiger partial charge in [-0.3, -0.25) is 14.6 Å². The molecular formula is C24H24N6O4. The van der Waals surface area contributed by atoms with Crippen LogP contribution >= 0.6 is 0 Å². The van der Waals surface area contributed by atoms with E-state index >= 15 is 0 Å². The van der Waals surface area contributed by atoms with Crippen molar-refractivity contribution in [1.29, 1.82) is 0 Å². The molecule has 4 heterocycles. The number of morpholine rings is 1. The zero-order valence-corrected chi connectivity index (χ0v) is 18.6. The van der Waals surface area contributed by atoms with E-state index in [1.165, 1.54) is 0 Å². The lowest BCUT2D eigenvalue weighted by Crippen LogP contribution is -2.49. The van der Waals surface area contributed by atoms with Crippen LogP contribution in [0.2, 0.25) is 0 Å². The van der Waals surface area contributed by atoms with Gasteiger partial charge in [0.25, 0.3) is 17.5 Å². The lowest BCUT2D eigenvalue weighted by Gasteiger charge is -2.35. The molecule has 174 valence electrons. The van der Waals surface area contributed by atoms with Crippen molar-refractivity contribution in [1.82, 2.24) is 19.9 Å². The van der Waals surface area contributed by atoms with E-state index in [4.69, 9.17) is 9.15 Å². The summed E-state index contributed by atoms with van der Waals surface area (Å²) in [5.74, 6) is 0.486. The number of oxazole rings is 1. The molecule has 2 aromatic carbocycles. The fourth-order valence-electron chi connectivity index (χ4n) is 4.46. The van der Waals surface area contributed by atoms with Crippen molar-refractivity contribution < 1.29 is 13.9 Å². The van der Waals surface area contributed by atoms with Gasteiger partial charge < -0.3 is 23.9 Å². The third kappa shape index (κ3) is 3.75. The Bertz CT molecular complexity index is 1420. The molecule has 2 fully saturated rings. The number of carbonyl (C=O) groups excluding carboxylic acids is 1. The summed E-state index contributed by atoms with van der Waals surface area (Å²) in [6.07, 6.45) is 0. The van der Waals surface area contributed by atoms with E-state index in [1.54, 1.807) is 18.2 Å². The lowest BCUT2D eigenvalue weighted by atomic mass is 10.1. The zero-order chi connectivity index (χ0) is 23.1. The Morgan fingerprint density at radius 1 is 0.882 bits per heavy atom. The molecule has 0 radical (unpaired) electrons. The fourth-order valence-corrected chi connectivity index (χ4v) is 4.46. The minimum Gasteiger partial charge on any atom is -0.423 e. The van der Waals surface area contributed by atoms with Crippen LogP contribution in [0.25, 0.3) is 22.0 Å². The first-order valence-electron chi connectivity index (χ1n) is 11.4. The number of para-hydroxylation sites is 1. The van der Waals surface area contributed by atoms with Gasteiger partial charge in [-0.1, -0.05) is 12.1 Å². The number of aromatic nitrogens is 3. The average Bonchev–Trinajstić information content (AvgIpc) is 3.32. The second-order valence-corrected chi connectivity index (χ2v) is 8.46. The number of ether oxygens (including phenoxy) is 1. The van der Waals surface area contributed by atoms with Gasteiger partial charge in [0.1, 0.15) is 5.52 Å². The molecule has 0 saturated carbocycles. The molecule has 10 heteroatoms. The predicted molar refractivity (Wildman–Crippen MR) is 128 cm³/mol. The highest BCUT2D eigenvalue weighted by Crippen LogP contribution is 2.24. The number of piperazine rings is 1. The second-order valence-electron chi connectivity index (χ2n) is 8.46. The van der Waals surface area contributed by atoms with Gasteiger partial charge in [-0.15, -0.1) is 0 Å². The highest BCUT2D eigenvalue weighted by Gasteiger charge is 2.25. The van der Waals surface area contributed by atoms with E-state index in [-0.39, 0.29) is 11.5 Å². The van der Waals surface area contributed by atoms with E-state index in [0.717, 1.165) is 18.6 Å². The normalized spacial score (nSPS) is 17.0. The first-order chi connectivity index (χ1) is 16.7. The number of aromatic amines is 1. The van der Waals surface area contributed by atoms with Crippen molar-refractivity contribution in [3.05, 3.63) is 58.4 Å². The van der Waals surface area contributed by atoms with Gasteiger partial charge >= 0.3 is 0 Å². The highest BCUT2D eigenvalue weighted by molar-refractivity contribution is 5.97. The third-order valence-electron chi connectivity index (χ3n) is 6.37. The van der Waals surface area contributed by atoms with Crippen molar-refractivity contribution in [2.75, 3.05) is 62.3 Å². The first kappa shape index (κ1) is 20.7. The van der Waals surface area contributed by atoms with Gasteiger partial charge in [-0.2, -0.15) is 4.98 Å². The molecule has 10 nitrogen and oxygen atoms in total. The molecule has 0 atom stereocenters. The van der Waals surface area contributed by atoms with Crippen molar-refractivity contribution in [3.63, 3.8) is 0 Å². The van der Waals surface area contributed by atoms with Crippen molar-refractivity contribution in [2.45, 2.75) is 0 Å². The predicted octanol–water partition coefficient (Wildman–Crippen LogP) is 1.86. The minimum atomic E-state index is -0.157. The molecule has 0 unspecified atom stereocenters. The Morgan fingerprint density at radius 3 is 2.50 bits per heavy atom. The molecule has 0 aliphatic carbocycles. The molecule has 1 amide bonds. The van der Waals surface area contributed by atoms with Gasteiger partial charge in [0, 0.05) is 44.8 Å². The van der Waals surface area contributed by atoms with Crippen LogP contribution in [0, 0.1) is 0 Å². The minimum absolute atomic E-state index is 0.0502. The molecule has 6 rings (SSSR count). The van der Waals surface area contributed by atoms with Gasteiger partial charge in [-0.05, 0) is 30.3 Å². The summed E-state index contributed by atoms with van der Waals surface area (Å²) >= 11 is 0. The Kier molecular flexibility index (Phi) is 5.14. The van der Waals surface area contributed by atoms with Crippen molar-refractivity contribution in [3.8, 4) is 0 Å². The number of anilines is 2. The summed E-state index contributed by atoms with van der Waals surface area (Å²) in [6, 6.07) is 13.2. The van der Waals surface area contributed by atoms with Crippen molar-refractivity contribution >= 4 is 39.9 Å². The van der Waals surface area contributed by atoms with Gasteiger partial charge in [0.2, 0.25) is 5.95 Å². The number of fused-ring (bicyclic) bond motifs is 2. The zero-order valence-electron chi connectivity index (χ0n) is 18.6. The molecular weight excluding hydrogens is 436 g/mol. The number of nitrogens with zero attached hydrogens (tertiary/aromatic N) is 5. The van der Waals surface area contributed by atoms with Crippen molar-refractivity contribution in [2.24, 2.45) is 0 Å². The number of carbonyl (C=O) groups is 1. The molecule has 0 bridgehead atoms. The number of hydrogen-bond donors (Lipinski definition) is 1. The maximum absolute atomic E-state index is 13.2. The number of benzene rings is 2. The van der Waals surface area contributed by atoms with Crippen LogP contribution < -0.4 is 15.4 Å². The maximum atomic E-state index is 13.2. The quantitative estimate of drug-likeness (QED) is 0.494. The Morgan fingerprint density at radius 2 is 1.68 bits per heavy atom. The van der Waals surface area contributed by atoms with Crippen LogP contribution in [0.5, 0.6) is 0 Å². The summed E-state index contributed by atoms with van der Waals surface area (Å²) in [5, 5.41) is 0.569. The lowest BCUT2D eigenvalue weighted by molar-refractivity contribution is 0.0746. The van der Waals surface area contributed by atoms with Gasteiger partial charge in [0.15, 0.2) is 5.58 Å². The Balaban J connectivity index is 1.16. The smallest absolute Gasteiger partial charge is 0.298 e. The monoisotopic (exact) mass is 460 g/mol. The number of hydrogen-bond acceptors (Lipinski definition) is 8. The van der Waals surface area contributed by atoms with Gasteiger partial charge in [0.05, 0.1) is 24.1 Å². The maximum Gasteiger partial charge on any atom is 0.298 e. The van der Waals surface area contributed by atoms with Crippen LogP contribution in [0.4, 0.5) is 12.0 Å². The number of amides is 1. The molecule has 1 N–H and O–H groups in total. The first-order valence-corrected chi connectivity index (χ1v) is 11.4. The second kappa shape index (κ2) is 8.45. The Labute approximate surface area is 194 Å². The summed E-state index contributed by atoms with van der Waals surface area (Å²) in [6.45, 7) is 5.00. The number of H-pyrrole nitrogens is 1. The molecule has 34 heavy (non-hydrogen) atoms. The van der Waals surface area contributed by atoms with Crippen LogP contribution in [-0.2, 0) is 4.74 Å². The van der Waals surface area contributed by atoms with E-state index < -0.39 is 0 Å². The summed E-state index contributed by atoms with van der Waals surface area (Å²) in [4.78, 5) is 43.5. The summed E-state index contributed by atoms with van der Waals surface area (Å²) < 4.78 is 11.3. The van der Waals surface area contributed by atoms with Crippen LogP contribution in [0.1, 0.15) is 10.4 Å². The molecule has 4 aromatic rings. The van der Waals surface area contributed by atoms with Crippen LogP contribution in [0.3, 0.4) is 0 Å². The van der Waals surface area contributed by atoms with Gasteiger partial charge in [-0.25, -0.2) is 4.98 Å². The number of rotatable bonds is 3. The van der Waals surface area contributed by atoms with E-state index in [2.05, 4.69) is 19.9 Å². The fraction of sp³-hybridized carbons (Fsp3) is 0.333. The molecule has 0 spiro atoms. The van der Waals surface area contributed by atoms with Crippen LogP contribution in [-0.4, -0.2) is 78.2 Å². The largest absolute Gasteiger partial charge is 0.423 e. The summed E-state index contributed by atoms with van der Waals surface area (Å²) in [7, 11) is 0. The number of nitrogens with one attached hydrogen (secondary N) is 1. The summed E-state index contributed by atoms with van der Waals surface area (Å²) in [5.41, 5.74) is 2.41. The standard InChI is InChI=1S/C24H24N6O4/c31-21-17-3-1-2-4-18(17)25-23(27-21)29-9-7-28(8-10-29)22(32)16-5-6-19-20(15-16)34-24(26-19)30-11-13-33-14-12-30/h1-6,15H,7-14H2,(H,25,27,31). The van der Waals surface area contributed by atoms with E-state index in [0.29, 0.717) is 73.4 Å². The molecule has 2 saturated heterocycles. The molecule has 2 aliphatic rings. The topological polar surface area (TPSA) is 108 Å². The Hall–Kier alpha value is -3.92. The molecule has 2 aromatic heterocycles. The van der Waals surface area contributed by atoms with Crippen LogP contribution in [0.15, 0.2) is 51.7 Å².